The predicted molar refractivity (Wildman–Crippen MR) is 66.2 cm³/mol. The molecule has 4 nitrogen and oxygen atoms in total. The number of rotatable bonds is 5. The van der Waals surface area contributed by atoms with E-state index in [9.17, 15) is 0 Å². The summed E-state index contributed by atoms with van der Waals surface area (Å²) in [4.78, 5) is 0. The van der Waals surface area contributed by atoms with Gasteiger partial charge in [-0.05, 0) is 6.42 Å². The molecule has 1 spiro atoms. The molecular formula is C13H25NO3. The highest BCUT2D eigenvalue weighted by atomic mass is 16.6. The summed E-state index contributed by atoms with van der Waals surface area (Å²) in [6, 6.07) is 0.530. The Bertz CT molecular complexity index is 227. The normalized spacial score (nSPS) is 33.7. The summed E-state index contributed by atoms with van der Waals surface area (Å²) in [5, 5.41) is 3.37. The van der Waals surface area contributed by atoms with E-state index in [1.54, 1.807) is 0 Å². The van der Waals surface area contributed by atoms with Gasteiger partial charge in [0.1, 0.15) is 0 Å². The highest BCUT2D eigenvalue weighted by molar-refractivity contribution is 4.90. The van der Waals surface area contributed by atoms with E-state index in [1.165, 1.54) is 0 Å². The van der Waals surface area contributed by atoms with Crippen molar-refractivity contribution in [2.24, 2.45) is 0 Å². The van der Waals surface area contributed by atoms with Crippen LogP contribution in [0.25, 0.3) is 0 Å². The molecule has 2 rings (SSSR count). The third-order valence-electron chi connectivity index (χ3n) is 3.52. The quantitative estimate of drug-likeness (QED) is 0.740. The molecule has 4 heteroatoms. The van der Waals surface area contributed by atoms with E-state index < -0.39 is 0 Å². The van der Waals surface area contributed by atoms with E-state index in [0.29, 0.717) is 12.1 Å². The first-order valence-corrected chi connectivity index (χ1v) is 6.77. The van der Waals surface area contributed by atoms with Gasteiger partial charge in [0.05, 0.1) is 24.9 Å². The first-order valence-electron chi connectivity index (χ1n) is 6.77. The largest absolute Gasteiger partial charge is 0.378 e. The highest BCUT2D eigenvalue weighted by Gasteiger charge is 2.41. The van der Waals surface area contributed by atoms with Gasteiger partial charge >= 0.3 is 0 Å². The molecule has 2 aliphatic rings. The highest BCUT2D eigenvalue weighted by Crippen LogP contribution is 2.33. The van der Waals surface area contributed by atoms with Crippen LogP contribution in [0.3, 0.4) is 0 Å². The third kappa shape index (κ3) is 3.91. The van der Waals surface area contributed by atoms with Crippen molar-refractivity contribution in [1.82, 2.24) is 5.32 Å². The fourth-order valence-corrected chi connectivity index (χ4v) is 2.56. The van der Waals surface area contributed by atoms with Gasteiger partial charge < -0.3 is 19.5 Å². The lowest BCUT2D eigenvalue weighted by molar-refractivity contribution is -0.132. The van der Waals surface area contributed by atoms with Gasteiger partial charge in [-0.1, -0.05) is 13.8 Å². The lowest BCUT2D eigenvalue weighted by Gasteiger charge is -2.36. The van der Waals surface area contributed by atoms with Crippen molar-refractivity contribution in [2.75, 3.05) is 33.0 Å². The average molecular weight is 243 g/mol. The summed E-state index contributed by atoms with van der Waals surface area (Å²) in [6.45, 7) is 8.42. The summed E-state index contributed by atoms with van der Waals surface area (Å²) in [6.07, 6.45) is 3.38. The molecule has 17 heavy (non-hydrogen) atoms. The van der Waals surface area contributed by atoms with Crippen LogP contribution in [-0.2, 0) is 14.2 Å². The van der Waals surface area contributed by atoms with Gasteiger partial charge in [0.2, 0.25) is 0 Å². The number of hydrogen-bond donors (Lipinski definition) is 1. The Morgan fingerprint density at radius 3 is 3.00 bits per heavy atom. The fourth-order valence-electron chi connectivity index (χ4n) is 2.56. The van der Waals surface area contributed by atoms with Crippen molar-refractivity contribution in [3.63, 3.8) is 0 Å². The molecule has 0 aromatic carbocycles. The van der Waals surface area contributed by atoms with Gasteiger partial charge in [-0.25, -0.2) is 0 Å². The van der Waals surface area contributed by atoms with Crippen LogP contribution in [0.4, 0.5) is 0 Å². The second kappa shape index (κ2) is 6.14. The molecule has 0 radical (unpaired) electrons. The third-order valence-corrected chi connectivity index (χ3v) is 3.52. The number of nitrogens with one attached hydrogen (secondary N) is 1. The van der Waals surface area contributed by atoms with Gasteiger partial charge in [-0.2, -0.15) is 0 Å². The molecule has 2 heterocycles. The first kappa shape index (κ1) is 13.3. The van der Waals surface area contributed by atoms with Crippen LogP contribution in [0.15, 0.2) is 0 Å². The Morgan fingerprint density at radius 1 is 1.41 bits per heavy atom. The summed E-state index contributed by atoms with van der Waals surface area (Å²) in [7, 11) is 0. The van der Waals surface area contributed by atoms with Gasteiger partial charge in [0, 0.05) is 38.6 Å². The Kier molecular flexibility index (Phi) is 4.79. The van der Waals surface area contributed by atoms with Crippen LogP contribution in [0, 0.1) is 0 Å². The van der Waals surface area contributed by atoms with Crippen molar-refractivity contribution in [2.45, 2.75) is 50.9 Å². The van der Waals surface area contributed by atoms with Gasteiger partial charge in [0.15, 0.2) is 0 Å². The molecular weight excluding hydrogens is 218 g/mol. The maximum atomic E-state index is 5.92. The summed E-state index contributed by atoms with van der Waals surface area (Å²) in [5.41, 5.74) is -0.0333. The van der Waals surface area contributed by atoms with Crippen LogP contribution >= 0.6 is 0 Å². The summed E-state index contributed by atoms with van der Waals surface area (Å²) < 4.78 is 17.3. The molecule has 1 N–H and O–H groups in total. The van der Waals surface area contributed by atoms with Gasteiger partial charge in [0.25, 0.3) is 0 Å². The Labute approximate surface area is 104 Å². The van der Waals surface area contributed by atoms with Gasteiger partial charge in [-0.15, -0.1) is 0 Å². The predicted octanol–water partition coefficient (Wildman–Crippen LogP) is 1.34. The van der Waals surface area contributed by atoms with E-state index in [1.807, 2.05) is 0 Å². The minimum atomic E-state index is -0.0333. The van der Waals surface area contributed by atoms with Crippen molar-refractivity contribution in [3.8, 4) is 0 Å². The molecule has 0 bridgehead atoms. The lowest BCUT2D eigenvalue weighted by atomic mass is 9.91. The SMILES string of the molecule is CC(C)NCCOC1CCOC2(CCOC2)C1. The van der Waals surface area contributed by atoms with E-state index in [-0.39, 0.29) is 5.60 Å². The Balaban J connectivity index is 1.67. The van der Waals surface area contributed by atoms with Crippen molar-refractivity contribution in [1.29, 1.82) is 0 Å². The first-order chi connectivity index (χ1) is 8.20. The van der Waals surface area contributed by atoms with Crippen LogP contribution in [0.2, 0.25) is 0 Å². The second-order valence-corrected chi connectivity index (χ2v) is 5.43. The molecule has 0 aromatic heterocycles. The maximum Gasteiger partial charge on any atom is 0.0961 e. The molecule has 2 aliphatic heterocycles. The topological polar surface area (TPSA) is 39.7 Å². The second-order valence-electron chi connectivity index (χ2n) is 5.43. The molecule has 2 fully saturated rings. The van der Waals surface area contributed by atoms with Crippen LogP contribution in [0.5, 0.6) is 0 Å². The minimum absolute atomic E-state index is 0.0333. The van der Waals surface area contributed by atoms with E-state index in [0.717, 1.165) is 52.2 Å². The van der Waals surface area contributed by atoms with E-state index in [4.69, 9.17) is 14.2 Å². The number of ether oxygens (including phenoxy) is 3. The van der Waals surface area contributed by atoms with Crippen LogP contribution in [-0.4, -0.2) is 50.7 Å². The molecule has 0 aromatic rings. The average Bonchev–Trinajstić information content (AvgIpc) is 2.73. The lowest BCUT2D eigenvalue weighted by Crippen LogP contribution is -2.43. The fraction of sp³-hybridized carbons (Fsp3) is 1.00. The summed E-state index contributed by atoms with van der Waals surface area (Å²) in [5.74, 6) is 0. The van der Waals surface area contributed by atoms with E-state index >= 15 is 0 Å². The maximum absolute atomic E-state index is 5.92. The standard InChI is InChI=1S/C13H25NO3/c1-11(2)14-5-8-16-12-3-6-17-13(9-12)4-7-15-10-13/h11-12,14H,3-10H2,1-2H3. The van der Waals surface area contributed by atoms with E-state index in [2.05, 4.69) is 19.2 Å². The van der Waals surface area contributed by atoms with Crippen molar-refractivity contribution >= 4 is 0 Å². The Hall–Kier alpha value is -0.160. The number of hydrogen-bond acceptors (Lipinski definition) is 4. The zero-order valence-corrected chi connectivity index (χ0v) is 11.0. The van der Waals surface area contributed by atoms with Gasteiger partial charge in [-0.3, -0.25) is 0 Å². The minimum Gasteiger partial charge on any atom is -0.378 e. The molecule has 100 valence electrons. The van der Waals surface area contributed by atoms with Crippen LogP contribution < -0.4 is 5.32 Å². The molecule has 0 saturated carbocycles. The molecule has 2 saturated heterocycles. The van der Waals surface area contributed by atoms with Crippen molar-refractivity contribution in [3.05, 3.63) is 0 Å². The van der Waals surface area contributed by atoms with Crippen LogP contribution in [0.1, 0.15) is 33.1 Å². The molecule has 0 aliphatic carbocycles. The Morgan fingerprint density at radius 2 is 2.29 bits per heavy atom. The monoisotopic (exact) mass is 243 g/mol. The molecule has 0 amide bonds. The molecule has 2 atom stereocenters. The smallest absolute Gasteiger partial charge is 0.0961 e. The molecule has 2 unspecified atom stereocenters. The zero-order valence-electron chi connectivity index (χ0n) is 11.0. The zero-order chi connectivity index (χ0) is 12.1. The van der Waals surface area contributed by atoms with Crippen molar-refractivity contribution < 1.29 is 14.2 Å². The summed E-state index contributed by atoms with van der Waals surface area (Å²) >= 11 is 0.